The Morgan fingerprint density at radius 2 is 2.18 bits per heavy atom. The van der Waals surface area contributed by atoms with E-state index in [2.05, 4.69) is 19.6 Å². The molecule has 98 valence electrons. The highest BCUT2D eigenvalue weighted by atomic mass is 16.8. The van der Waals surface area contributed by atoms with Gasteiger partial charge in [0, 0.05) is 0 Å². The van der Waals surface area contributed by atoms with Crippen LogP contribution in [0.5, 0.6) is 0 Å². The van der Waals surface area contributed by atoms with Crippen molar-refractivity contribution in [2.45, 2.75) is 6.92 Å². The molecule has 0 aliphatic rings. The highest BCUT2D eigenvalue weighted by Crippen LogP contribution is 1.92. The quantitative estimate of drug-likeness (QED) is 0.167. The molecule has 0 radical (unpaired) electrons. The Morgan fingerprint density at radius 3 is 2.65 bits per heavy atom. The van der Waals surface area contributed by atoms with Crippen molar-refractivity contribution in [1.29, 1.82) is 0 Å². The average molecular weight is 251 g/mol. The fourth-order valence-electron chi connectivity index (χ4n) is 0.707. The second-order valence-corrected chi connectivity index (χ2v) is 2.55. The molecule has 0 fully saturated rings. The number of rotatable bonds is 7. The van der Waals surface area contributed by atoms with Crippen molar-refractivity contribution >= 4 is 12.1 Å². The zero-order chi connectivity index (χ0) is 13.3. The number of carboxylic acids is 1. The minimum atomic E-state index is -1.19. The molecule has 10 heteroatoms. The molecule has 0 rings (SSSR count). The van der Waals surface area contributed by atoms with Crippen LogP contribution in [0.15, 0.2) is 5.28 Å². The van der Waals surface area contributed by atoms with Crippen molar-refractivity contribution in [3.05, 3.63) is 5.21 Å². The van der Waals surface area contributed by atoms with Crippen LogP contribution in [0, 0.1) is 5.21 Å². The summed E-state index contributed by atoms with van der Waals surface area (Å²) in [6.45, 7) is 0.551. The molecule has 0 bridgehead atoms. The van der Waals surface area contributed by atoms with Crippen LogP contribution >= 0.6 is 0 Å². The van der Waals surface area contributed by atoms with E-state index < -0.39 is 25.5 Å². The van der Waals surface area contributed by atoms with Gasteiger partial charge >= 0.3 is 12.1 Å². The average Bonchev–Trinajstić information content (AvgIpc) is 2.30. The molecule has 0 aromatic carbocycles. The lowest BCUT2D eigenvalue weighted by molar-refractivity contribution is -0.709. The minimum absolute atomic E-state index is 0.0469. The summed E-state index contributed by atoms with van der Waals surface area (Å²) in [7, 11) is 1.10. The van der Waals surface area contributed by atoms with Gasteiger partial charge in [-0.1, -0.05) is 0 Å². The number of hydrogen-bond donors (Lipinski definition) is 1. The van der Waals surface area contributed by atoms with Crippen LogP contribution in [-0.2, 0) is 19.1 Å². The zero-order valence-electron chi connectivity index (χ0n) is 9.36. The lowest BCUT2D eigenvalue weighted by Crippen LogP contribution is -2.35. The van der Waals surface area contributed by atoms with Gasteiger partial charge in [0.15, 0.2) is 6.54 Å². The highest BCUT2D eigenvalue weighted by molar-refractivity contribution is 5.68. The number of hydrazine groups is 1. The van der Waals surface area contributed by atoms with Crippen LogP contribution in [0.4, 0.5) is 4.79 Å². The summed E-state index contributed by atoms with van der Waals surface area (Å²) >= 11 is 0. The van der Waals surface area contributed by atoms with Gasteiger partial charge in [-0.3, -0.25) is 4.79 Å². The van der Waals surface area contributed by atoms with E-state index in [1.807, 2.05) is 0 Å². The van der Waals surface area contributed by atoms with Gasteiger partial charge in [0.05, 0.1) is 18.6 Å². The third kappa shape index (κ3) is 6.76. The maximum absolute atomic E-state index is 11.1. The summed E-state index contributed by atoms with van der Waals surface area (Å²) in [4.78, 5) is 25.1. The van der Waals surface area contributed by atoms with E-state index in [1.165, 1.54) is 0 Å². The summed E-state index contributed by atoms with van der Waals surface area (Å²) < 4.78 is 8.37. The summed E-state index contributed by atoms with van der Waals surface area (Å²) in [6, 6.07) is 0. The number of likely N-dealkylation sites (N-methyl/N-ethyl adjacent to an activating group) is 1. The number of nitrogens with zero attached hydrogens (tertiary/aromatic N) is 3. The number of carbonyl (C=O) groups excluding carboxylic acids is 1. The van der Waals surface area contributed by atoms with Crippen LogP contribution in [0.1, 0.15) is 6.92 Å². The van der Waals surface area contributed by atoms with Crippen LogP contribution in [0.2, 0.25) is 0 Å². The van der Waals surface area contributed by atoms with Crippen LogP contribution < -0.4 is 0 Å². The third-order valence-electron chi connectivity index (χ3n) is 1.45. The number of carbonyl (C=O) groups is 2. The first-order chi connectivity index (χ1) is 8.01. The molecule has 0 saturated heterocycles. The Labute approximate surface area is 96.5 Å². The standard InChI is InChI=1S/C7H13N3O7/c1-3-9(4-6(11)12)10(14)8-17-5-16-7(13)15-2/h3-5H2,1-2H3,(H,11,12). The SMILES string of the molecule is CCN(CC(=O)O)[N+]([O-])=NOCOC(=O)OC. The fourth-order valence-corrected chi connectivity index (χ4v) is 0.707. The van der Waals surface area contributed by atoms with Crippen molar-refractivity contribution in [1.82, 2.24) is 5.01 Å². The van der Waals surface area contributed by atoms with Crippen LogP contribution in [0.3, 0.4) is 0 Å². The van der Waals surface area contributed by atoms with E-state index >= 15 is 0 Å². The monoisotopic (exact) mass is 251 g/mol. The van der Waals surface area contributed by atoms with E-state index in [0.29, 0.717) is 0 Å². The molecule has 0 aromatic heterocycles. The second kappa shape index (κ2) is 7.96. The van der Waals surface area contributed by atoms with Gasteiger partial charge in [0.1, 0.15) is 0 Å². The lowest BCUT2D eigenvalue weighted by atomic mass is 10.6. The number of aliphatic carboxylic acids is 1. The van der Waals surface area contributed by atoms with Crippen molar-refractivity contribution in [2.75, 3.05) is 27.0 Å². The molecule has 0 amide bonds. The number of hydrogen-bond acceptors (Lipinski definition) is 7. The maximum Gasteiger partial charge on any atom is 0.510 e. The molecular formula is C7H13N3O7. The van der Waals surface area contributed by atoms with Gasteiger partial charge in [-0.2, -0.15) is 0 Å². The van der Waals surface area contributed by atoms with Gasteiger partial charge in [-0.25, -0.2) is 4.79 Å². The molecule has 0 aromatic rings. The van der Waals surface area contributed by atoms with Gasteiger partial charge < -0.3 is 24.6 Å². The Balaban J connectivity index is 4.04. The van der Waals surface area contributed by atoms with Crippen molar-refractivity contribution in [3.8, 4) is 0 Å². The first kappa shape index (κ1) is 14.7. The van der Waals surface area contributed by atoms with Crippen molar-refractivity contribution < 1.29 is 34.0 Å². The molecule has 0 saturated carbocycles. The van der Waals surface area contributed by atoms with Crippen molar-refractivity contribution in [2.24, 2.45) is 5.28 Å². The summed E-state index contributed by atoms with van der Waals surface area (Å²) in [6.07, 6.45) is -0.990. The van der Waals surface area contributed by atoms with E-state index in [4.69, 9.17) is 5.11 Å². The molecule has 0 spiro atoms. The predicted molar refractivity (Wildman–Crippen MR) is 50.4 cm³/mol. The Hall–Kier alpha value is -2.26. The third-order valence-corrected chi connectivity index (χ3v) is 1.45. The summed E-state index contributed by atoms with van der Waals surface area (Å²) in [5.41, 5.74) is 0. The molecule has 1 N–H and O–H groups in total. The van der Waals surface area contributed by atoms with Crippen molar-refractivity contribution in [3.63, 3.8) is 0 Å². The molecule has 10 nitrogen and oxygen atoms in total. The zero-order valence-corrected chi connectivity index (χ0v) is 9.36. The summed E-state index contributed by atoms with van der Waals surface area (Å²) in [5, 5.41) is 23.4. The number of methoxy groups -OCH3 is 1. The fraction of sp³-hybridized carbons (Fsp3) is 0.714. The lowest BCUT2D eigenvalue weighted by Gasteiger charge is -2.13. The Bertz CT molecular complexity index is 293. The van der Waals surface area contributed by atoms with Crippen LogP contribution in [-0.4, -0.2) is 54.2 Å². The molecule has 0 atom stereocenters. The Morgan fingerprint density at radius 1 is 1.53 bits per heavy atom. The topological polar surface area (TPSA) is 124 Å². The molecule has 0 aliphatic carbocycles. The molecular weight excluding hydrogens is 238 g/mol. The molecule has 17 heavy (non-hydrogen) atoms. The molecule has 0 aliphatic heterocycles. The highest BCUT2D eigenvalue weighted by Gasteiger charge is 2.14. The van der Waals surface area contributed by atoms with Gasteiger partial charge in [0.2, 0.25) is 5.28 Å². The summed E-state index contributed by atoms with van der Waals surface area (Å²) in [5.74, 6) is -1.19. The second-order valence-electron chi connectivity index (χ2n) is 2.55. The smallest absolute Gasteiger partial charge is 0.510 e. The first-order valence-corrected chi connectivity index (χ1v) is 4.48. The van der Waals surface area contributed by atoms with Gasteiger partial charge in [-0.05, 0) is 6.92 Å². The van der Waals surface area contributed by atoms with Gasteiger partial charge in [0.25, 0.3) is 6.79 Å². The van der Waals surface area contributed by atoms with E-state index in [9.17, 15) is 14.8 Å². The molecule has 0 unspecified atom stereocenters. The first-order valence-electron chi connectivity index (χ1n) is 4.48. The van der Waals surface area contributed by atoms with Crippen LogP contribution in [0.25, 0.3) is 0 Å². The maximum atomic E-state index is 11.1. The molecule has 0 heterocycles. The van der Waals surface area contributed by atoms with E-state index in [-0.39, 0.29) is 11.5 Å². The predicted octanol–water partition coefficient (Wildman–Crippen LogP) is -0.0575. The number of carboxylic acid groups (broad SMARTS) is 1. The van der Waals surface area contributed by atoms with E-state index in [1.54, 1.807) is 6.92 Å². The number of ether oxygens (including phenoxy) is 2. The largest absolute Gasteiger partial charge is 0.569 e. The normalized spacial score (nSPS) is 10.6. The Kier molecular flexibility index (Phi) is 6.90. The van der Waals surface area contributed by atoms with Gasteiger partial charge in [-0.15, -0.1) is 5.01 Å². The minimum Gasteiger partial charge on any atom is -0.569 e. The van der Waals surface area contributed by atoms with E-state index in [0.717, 1.165) is 12.1 Å².